The molecule has 168 valence electrons. The van der Waals surface area contributed by atoms with Crippen molar-refractivity contribution in [1.82, 2.24) is 23.4 Å². The lowest BCUT2D eigenvalue weighted by Crippen LogP contribution is -2.22. The van der Waals surface area contributed by atoms with Crippen LogP contribution in [0.2, 0.25) is 0 Å². The van der Waals surface area contributed by atoms with Crippen LogP contribution in [0.1, 0.15) is 19.2 Å². The minimum absolute atomic E-state index is 0.155. The van der Waals surface area contributed by atoms with Crippen molar-refractivity contribution in [3.8, 4) is 0 Å². The van der Waals surface area contributed by atoms with Gasteiger partial charge in [-0.15, -0.1) is 0 Å². The molecule has 10 heteroatoms. The number of amides is 1. The van der Waals surface area contributed by atoms with E-state index >= 15 is 0 Å². The van der Waals surface area contributed by atoms with E-state index in [1.807, 2.05) is 47.4 Å². The number of carbonyl (C=O) groups is 1. The SMILES string of the molecule is CCn1c(NC(=O)CCc2nc3cc(S(=O)(=O)N(C)C)ccc3n2C)nc2ccccc21. The van der Waals surface area contributed by atoms with E-state index in [4.69, 9.17) is 0 Å². The Bertz CT molecular complexity index is 1420. The van der Waals surface area contributed by atoms with Crippen molar-refractivity contribution in [2.24, 2.45) is 7.05 Å². The zero-order valence-electron chi connectivity index (χ0n) is 18.5. The van der Waals surface area contributed by atoms with Crippen LogP contribution >= 0.6 is 0 Å². The number of hydrogen-bond acceptors (Lipinski definition) is 5. The Kier molecular flexibility index (Phi) is 5.74. The summed E-state index contributed by atoms with van der Waals surface area (Å²) < 4.78 is 29.8. The summed E-state index contributed by atoms with van der Waals surface area (Å²) in [7, 11) is 1.31. The van der Waals surface area contributed by atoms with Gasteiger partial charge in [-0.3, -0.25) is 10.1 Å². The topological polar surface area (TPSA) is 102 Å². The maximum absolute atomic E-state index is 12.6. The molecule has 0 spiro atoms. The molecule has 0 radical (unpaired) electrons. The summed E-state index contributed by atoms with van der Waals surface area (Å²) in [6.45, 7) is 2.70. The van der Waals surface area contributed by atoms with Gasteiger partial charge in [0, 0.05) is 40.5 Å². The van der Waals surface area contributed by atoms with Gasteiger partial charge in [-0.2, -0.15) is 0 Å². The summed E-state index contributed by atoms with van der Waals surface area (Å²) in [6, 6.07) is 12.6. The number of nitrogens with zero attached hydrogens (tertiary/aromatic N) is 5. The Labute approximate surface area is 186 Å². The van der Waals surface area contributed by atoms with Crippen molar-refractivity contribution in [3.63, 3.8) is 0 Å². The highest BCUT2D eigenvalue weighted by Gasteiger charge is 2.19. The van der Waals surface area contributed by atoms with Crippen LogP contribution in [0.3, 0.4) is 0 Å². The third-order valence-electron chi connectivity index (χ3n) is 5.52. The summed E-state index contributed by atoms with van der Waals surface area (Å²) >= 11 is 0. The molecule has 0 aliphatic heterocycles. The summed E-state index contributed by atoms with van der Waals surface area (Å²) in [5, 5.41) is 2.91. The number of aryl methyl sites for hydroxylation is 3. The molecule has 2 heterocycles. The number of nitrogens with one attached hydrogen (secondary N) is 1. The molecule has 0 aliphatic carbocycles. The second-order valence-electron chi connectivity index (χ2n) is 7.74. The molecular weight excluding hydrogens is 428 g/mol. The van der Waals surface area contributed by atoms with Gasteiger partial charge in [-0.25, -0.2) is 22.7 Å². The first kappa shape index (κ1) is 22.0. The number of carbonyl (C=O) groups excluding carboxylic acids is 1. The normalized spacial score (nSPS) is 12.2. The summed E-state index contributed by atoms with van der Waals surface area (Å²) in [5.41, 5.74) is 3.21. The van der Waals surface area contributed by atoms with Crippen LogP contribution in [0.15, 0.2) is 47.4 Å². The highest BCUT2D eigenvalue weighted by atomic mass is 32.2. The molecule has 1 N–H and O–H groups in total. The van der Waals surface area contributed by atoms with E-state index in [1.165, 1.54) is 18.4 Å². The number of benzene rings is 2. The first-order valence-electron chi connectivity index (χ1n) is 10.4. The van der Waals surface area contributed by atoms with Crippen LogP contribution < -0.4 is 5.32 Å². The fourth-order valence-corrected chi connectivity index (χ4v) is 4.65. The number of imidazole rings is 2. The van der Waals surface area contributed by atoms with Gasteiger partial charge in [0.25, 0.3) is 0 Å². The summed E-state index contributed by atoms with van der Waals surface area (Å²) in [4.78, 5) is 21.9. The van der Waals surface area contributed by atoms with Gasteiger partial charge in [0.05, 0.1) is 27.0 Å². The lowest BCUT2D eigenvalue weighted by Gasteiger charge is -2.10. The average Bonchev–Trinajstić information content (AvgIpc) is 3.28. The zero-order chi connectivity index (χ0) is 23.0. The van der Waals surface area contributed by atoms with Crippen molar-refractivity contribution >= 4 is 43.9 Å². The number of fused-ring (bicyclic) bond motifs is 2. The molecule has 1 amide bonds. The predicted molar refractivity (Wildman–Crippen MR) is 124 cm³/mol. The quantitative estimate of drug-likeness (QED) is 0.463. The Hall–Kier alpha value is -3.24. The minimum Gasteiger partial charge on any atom is -0.331 e. The van der Waals surface area contributed by atoms with Crippen LogP contribution in [0.4, 0.5) is 5.95 Å². The molecule has 32 heavy (non-hydrogen) atoms. The highest BCUT2D eigenvalue weighted by molar-refractivity contribution is 7.89. The van der Waals surface area contributed by atoms with Crippen LogP contribution in [0, 0.1) is 0 Å². The van der Waals surface area contributed by atoms with Crippen molar-refractivity contribution in [1.29, 1.82) is 0 Å². The molecule has 2 aromatic heterocycles. The maximum atomic E-state index is 12.6. The first-order valence-corrected chi connectivity index (χ1v) is 11.8. The van der Waals surface area contributed by atoms with Gasteiger partial charge in [-0.05, 0) is 37.3 Å². The standard InChI is InChI=1S/C22H26N6O3S/c1-5-28-19-9-7-6-8-16(19)24-22(28)25-21(29)13-12-20-23-17-14-15(32(30,31)26(2)3)10-11-18(17)27(20)4/h6-11,14H,5,12-13H2,1-4H3,(H,24,25,29). The fourth-order valence-electron chi connectivity index (χ4n) is 3.73. The van der Waals surface area contributed by atoms with Crippen LogP contribution in [-0.2, 0) is 34.8 Å². The summed E-state index contributed by atoms with van der Waals surface area (Å²) in [5.74, 6) is 1.08. The zero-order valence-corrected chi connectivity index (χ0v) is 19.3. The third kappa shape index (κ3) is 3.87. The van der Waals surface area contributed by atoms with Crippen LogP contribution in [0.25, 0.3) is 22.1 Å². The van der Waals surface area contributed by atoms with E-state index < -0.39 is 10.0 Å². The third-order valence-corrected chi connectivity index (χ3v) is 7.33. The minimum atomic E-state index is -3.54. The van der Waals surface area contributed by atoms with Gasteiger partial charge < -0.3 is 9.13 Å². The second kappa shape index (κ2) is 8.36. The number of hydrogen-bond donors (Lipinski definition) is 1. The number of anilines is 1. The predicted octanol–water partition coefficient (Wildman–Crippen LogP) is 2.76. The molecule has 2 aromatic carbocycles. The molecule has 0 bridgehead atoms. The van der Waals surface area contributed by atoms with Crippen molar-refractivity contribution in [2.75, 3.05) is 19.4 Å². The van der Waals surface area contributed by atoms with E-state index in [9.17, 15) is 13.2 Å². The van der Waals surface area contributed by atoms with Crippen LogP contribution in [0.5, 0.6) is 0 Å². The molecule has 0 saturated heterocycles. The molecule has 9 nitrogen and oxygen atoms in total. The number of sulfonamides is 1. The Morgan fingerprint density at radius 1 is 1.06 bits per heavy atom. The molecule has 0 aliphatic rings. The van der Waals surface area contributed by atoms with Crippen molar-refractivity contribution < 1.29 is 13.2 Å². The number of aromatic nitrogens is 4. The lowest BCUT2D eigenvalue weighted by atomic mass is 10.3. The van der Waals surface area contributed by atoms with E-state index in [0.717, 1.165) is 16.6 Å². The van der Waals surface area contributed by atoms with Crippen molar-refractivity contribution in [3.05, 3.63) is 48.3 Å². The van der Waals surface area contributed by atoms with E-state index in [0.29, 0.717) is 30.3 Å². The molecule has 0 fully saturated rings. The van der Waals surface area contributed by atoms with Gasteiger partial charge in [0.1, 0.15) is 5.82 Å². The molecular formula is C22H26N6O3S. The number of rotatable bonds is 7. The maximum Gasteiger partial charge on any atom is 0.242 e. The van der Waals surface area contributed by atoms with Crippen molar-refractivity contribution in [2.45, 2.75) is 31.2 Å². The second-order valence-corrected chi connectivity index (χ2v) is 9.89. The van der Waals surface area contributed by atoms with Crippen LogP contribution in [-0.4, -0.2) is 51.8 Å². The van der Waals surface area contributed by atoms with E-state index in [-0.39, 0.29) is 17.2 Å². The van der Waals surface area contributed by atoms with Gasteiger partial charge in [-0.1, -0.05) is 12.1 Å². The molecule has 0 unspecified atom stereocenters. The fraction of sp³-hybridized carbons (Fsp3) is 0.318. The molecule has 0 saturated carbocycles. The highest BCUT2D eigenvalue weighted by Crippen LogP contribution is 2.22. The van der Waals surface area contributed by atoms with E-state index in [2.05, 4.69) is 15.3 Å². The van der Waals surface area contributed by atoms with E-state index in [1.54, 1.807) is 18.2 Å². The summed E-state index contributed by atoms with van der Waals surface area (Å²) in [6.07, 6.45) is 0.645. The van der Waals surface area contributed by atoms with Gasteiger partial charge >= 0.3 is 0 Å². The Morgan fingerprint density at radius 2 is 1.81 bits per heavy atom. The Morgan fingerprint density at radius 3 is 2.53 bits per heavy atom. The first-order chi connectivity index (χ1) is 15.2. The molecule has 4 rings (SSSR count). The molecule has 4 aromatic rings. The lowest BCUT2D eigenvalue weighted by molar-refractivity contribution is -0.116. The van der Waals surface area contributed by atoms with Gasteiger partial charge in [0.15, 0.2) is 0 Å². The molecule has 0 atom stereocenters. The average molecular weight is 455 g/mol. The monoisotopic (exact) mass is 454 g/mol. The van der Waals surface area contributed by atoms with Gasteiger partial charge in [0.2, 0.25) is 21.9 Å². The number of para-hydroxylation sites is 2. The smallest absolute Gasteiger partial charge is 0.242 e. The largest absolute Gasteiger partial charge is 0.331 e. The Balaban J connectivity index is 1.52.